The van der Waals surface area contributed by atoms with Crippen molar-refractivity contribution in [2.24, 2.45) is 11.8 Å². The summed E-state index contributed by atoms with van der Waals surface area (Å²) in [6, 6.07) is 0.613. The summed E-state index contributed by atoms with van der Waals surface area (Å²) in [5.74, 6) is 1.63. The zero-order chi connectivity index (χ0) is 15.4. The monoisotopic (exact) mass is 328 g/mol. The molecule has 1 N–H and O–H groups in total. The lowest BCUT2D eigenvalue weighted by atomic mass is 9.79. The standard InChI is InChI=1S/C15H28N4S2/c1-6-16-12-8-7-11(10(2)3)9-13(12)20-15-18-17-14(21-15)19(4)5/h10-13,16H,6-9H2,1-5H3. The predicted molar refractivity (Wildman–Crippen MR) is 93.5 cm³/mol. The summed E-state index contributed by atoms with van der Waals surface area (Å²) in [4.78, 5) is 2.03. The maximum absolute atomic E-state index is 4.36. The summed E-state index contributed by atoms with van der Waals surface area (Å²) >= 11 is 3.63. The maximum Gasteiger partial charge on any atom is 0.208 e. The molecule has 1 aromatic rings. The lowest BCUT2D eigenvalue weighted by Gasteiger charge is -2.37. The molecule has 1 fully saturated rings. The smallest absolute Gasteiger partial charge is 0.208 e. The Labute approximate surface area is 137 Å². The third kappa shape index (κ3) is 4.57. The normalized spacial score (nSPS) is 26.3. The number of aromatic nitrogens is 2. The first-order valence-electron chi connectivity index (χ1n) is 7.92. The summed E-state index contributed by atoms with van der Waals surface area (Å²) in [7, 11) is 4.04. The van der Waals surface area contributed by atoms with Crippen LogP contribution in [-0.4, -0.2) is 42.1 Å². The second kappa shape index (κ2) is 7.79. The molecule has 1 aliphatic rings. The van der Waals surface area contributed by atoms with Gasteiger partial charge in [-0.1, -0.05) is 43.9 Å². The minimum absolute atomic E-state index is 0.613. The van der Waals surface area contributed by atoms with Crippen molar-refractivity contribution < 1.29 is 0 Å². The molecule has 0 radical (unpaired) electrons. The number of hydrogen-bond acceptors (Lipinski definition) is 6. The minimum Gasteiger partial charge on any atom is -0.353 e. The van der Waals surface area contributed by atoms with Crippen molar-refractivity contribution in [3.63, 3.8) is 0 Å². The van der Waals surface area contributed by atoms with Gasteiger partial charge in [-0.3, -0.25) is 0 Å². The van der Waals surface area contributed by atoms with Crippen molar-refractivity contribution in [2.75, 3.05) is 25.5 Å². The molecular weight excluding hydrogens is 300 g/mol. The summed E-state index contributed by atoms with van der Waals surface area (Å²) in [5.41, 5.74) is 0. The first-order chi connectivity index (χ1) is 10.0. The van der Waals surface area contributed by atoms with Crippen LogP contribution >= 0.6 is 23.1 Å². The van der Waals surface area contributed by atoms with Gasteiger partial charge in [0.15, 0.2) is 4.34 Å². The lowest BCUT2D eigenvalue weighted by molar-refractivity contribution is 0.247. The van der Waals surface area contributed by atoms with Crippen molar-refractivity contribution in [1.29, 1.82) is 0 Å². The van der Waals surface area contributed by atoms with Gasteiger partial charge in [-0.05, 0) is 37.6 Å². The average molecular weight is 329 g/mol. The molecule has 120 valence electrons. The molecule has 0 amide bonds. The number of hydrogen-bond donors (Lipinski definition) is 1. The van der Waals surface area contributed by atoms with Crippen molar-refractivity contribution in [3.05, 3.63) is 0 Å². The Hall–Kier alpha value is -0.330. The maximum atomic E-state index is 4.36. The largest absolute Gasteiger partial charge is 0.353 e. The van der Waals surface area contributed by atoms with Gasteiger partial charge in [0.05, 0.1) is 0 Å². The lowest BCUT2D eigenvalue weighted by Crippen LogP contribution is -2.43. The highest BCUT2D eigenvalue weighted by Gasteiger charge is 2.32. The van der Waals surface area contributed by atoms with Gasteiger partial charge >= 0.3 is 0 Å². The van der Waals surface area contributed by atoms with Crippen LogP contribution in [-0.2, 0) is 0 Å². The van der Waals surface area contributed by atoms with Gasteiger partial charge in [0.25, 0.3) is 0 Å². The second-order valence-electron chi connectivity index (χ2n) is 6.38. The van der Waals surface area contributed by atoms with Crippen LogP contribution in [0.5, 0.6) is 0 Å². The highest BCUT2D eigenvalue weighted by Crippen LogP contribution is 2.40. The van der Waals surface area contributed by atoms with E-state index in [0.717, 1.165) is 27.9 Å². The molecule has 3 atom stereocenters. The van der Waals surface area contributed by atoms with Crippen molar-refractivity contribution in [1.82, 2.24) is 15.5 Å². The van der Waals surface area contributed by atoms with Crippen LogP contribution in [0.4, 0.5) is 5.13 Å². The molecule has 0 aliphatic heterocycles. The molecule has 21 heavy (non-hydrogen) atoms. The van der Waals surface area contributed by atoms with E-state index in [9.17, 15) is 0 Å². The van der Waals surface area contributed by atoms with Gasteiger partial charge in [-0.25, -0.2) is 0 Å². The molecule has 4 nitrogen and oxygen atoms in total. The predicted octanol–water partition coefficient (Wildman–Crippen LogP) is 3.50. The summed E-state index contributed by atoms with van der Waals surface area (Å²) in [6.45, 7) is 7.96. The van der Waals surface area contributed by atoms with E-state index in [2.05, 4.69) is 36.3 Å². The van der Waals surface area contributed by atoms with E-state index in [4.69, 9.17) is 0 Å². The quantitative estimate of drug-likeness (QED) is 0.865. The molecule has 1 heterocycles. The molecule has 2 rings (SSSR count). The fraction of sp³-hybridized carbons (Fsp3) is 0.867. The average Bonchev–Trinajstić information content (AvgIpc) is 2.89. The summed E-state index contributed by atoms with van der Waals surface area (Å²) < 4.78 is 1.11. The fourth-order valence-corrected chi connectivity index (χ4v) is 5.33. The van der Waals surface area contributed by atoms with E-state index in [0.29, 0.717) is 11.3 Å². The topological polar surface area (TPSA) is 41.1 Å². The second-order valence-corrected chi connectivity index (χ2v) is 8.82. The summed E-state index contributed by atoms with van der Waals surface area (Å²) in [6.07, 6.45) is 3.93. The van der Waals surface area contributed by atoms with E-state index < -0.39 is 0 Å². The van der Waals surface area contributed by atoms with Gasteiger partial charge in [0, 0.05) is 25.4 Å². The summed E-state index contributed by atoms with van der Waals surface area (Å²) in [5, 5.41) is 13.9. The molecule has 0 spiro atoms. The number of anilines is 1. The third-order valence-electron chi connectivity index (χ3n) is 4.27. The number of nitrogens with zero attached hydrogens (tertiary/aromatic N) is 3. The van der Waals surface area contributed by atoms with E-state index in [1.54, 1.807) is 11.3 Å². The van der Waals surface area contributed by atoms with Crippen molar-refractivity contribution >= 4 is 28.2 Å². The molecule has 1 saturated carbocycles. The van der Waals surface area contributed by atoms with Gasteiger partial charge in [-0.2, -0.15) is 0 Å². The Morgan fingerprint density at radius 1 is 1.33 bits per heavy atom. The number of nitrogens with one attached hydrogen (secondary N) is 1. The highest BCUT2D eigenvalue weighted by molar-refractivity contribution is 8.01. The van der Waals surface area contributed by atoms with Gasteiger partial charge in [-0.15, -0.1) is 10.2 Å². The van der Waals surface area contributed by atoms with Gasteiger partial charge in [0.2, 0.25) is 5.13 Å². The van der Waals surface area contributed by atoms with E-state index in [1.807, 2.05) is 30.8 Å². The van der Waals surface area contributed by atoms with Crippen molar-refractivity contribution in [3.8, 4) is 0 Å². The highest BCUT2D eigenvalue weighted by atomic mass is 32.2. The van der Waals surface area contributed by atoms with E-state index in [1.165, 1.54) is 19.3 Å². The van der Waals surface area contributed by atoms with E-state index >= 15 is 0 Å². The fourth-order valence-electron chi connectivity index (χ4n) is 2.95. The Balaban J connectivity index is 2.04. The zero-order valence-electron chi connectivity index (χ0n) is 13.8. The van der Waals surface area contributed by atoms with Crippen LogP contribution in [0, 0.1) is 11.8 Å². The Morgan fingerprint density at radius 2 is 2.10 bits per heavy atom. The van der Waals surface area contributed by atoms with Crippen LogP contribution in [0.3, 0.4) is 0 Å². The molecular formula is C15H28N4S2. The van der Waals surface area contributed by atoms with Crippen LogP contribution < -0.4 is 10.2 Å². The first kappa shape index (κ1) is 17.0. The number of thioether (sulfide) groups is 1. The molecule has 1 aliphatic carbocycles. The minimum atomic E-state index is 0.613. The first-order valence-corrected chi connectivity index (χ1v) is 9.61. The third-order valence-corrected chi connectivity index (χ3v) is 6.80. The Bertz CT molecular complexity index is 433. The van der Waals surface area contributed by atoms with Crippen LogP contribution in [0.1, 0.15) is 40.0 Å². The van der Waals surface area contributed by atoms with Gasteiger partial charge in [0.1, 0.15) is 0 Å². The molecule has 3 unspecified atom stereocenters. The zero-order valence-corrected chi connectivity index (χ0v) is 15.4. The van der Waals surface area contributed by atoms with Crippen LogP contribution in [0.15, 0.2) is 4.34 Å². The van der Waals surface area contributed by atoms with Crippen LogP contribution in [0.2, 0.25) is 0 Å². The van der Waals surface area contributed by atoms with Gasteiger partial charge < -0.3 is 10.2 Å². The molecule has 0 aromatic carbocycles. The SMILES string of the molecule is CCNC1CCC(C(C)C)CC1Sc1nnc(N(C)C)s1. The molecule has 6 heteroatoms. The van der Waals surface area contributed by atoms with Crippen LogP contribution in [0.25, 0.3) is 0 Å². The molecule has 1 aromatic heterocycles. The van der Waals surface area contributed by atoms with E-state index in [-0.39, 0.29) is 0 Å². The Kier molecular flexibility index (Phi) is 6.32. The Morgan fingerprint density at radius 3 is 2.67 bits per heavy atom. The van der Waals surface area contributed by atoms with Crippen molar-refractivity contribution in [2.45, 2.75) is 55.7 Å². The molecule has 0 bridgehead atoms. The number of rotatable bonds is 6. The molecule has 0 saturated heterocycles.